The molecule has 1 aliphatic heterocycles. The Bertz CT molecular complexity index is 253. The van der Waals surface area contributed by atoms with Gasteiger partial charge in [0.1, 0.15) is 13.2 Å². The number of hydrogen-bond acceptors (Lipinski definition) is 2. The highest BCUT2D eigenvalue weighted by molar-refractivity contribution is 5.32. The van der Waals surface area contributed by atoms with Gasteiger partial charge in [-0.1, -0.05) is 13.2 Å². The largest absolute Gasteiger partial charge is 0.487 e. The number of halogens is 1. The van der Waals surface area contributed by atoms with Crippen LogP contribution in [0, 0.1) is 0 Å². The molecule has 0 aromatic rings. The van der Waals surface area contributed by atoms with E-state index in [9.17, 15) is 4.39 Å². The van der Waals surface area contributed by atoms with E-state index in [2.05, 4.69) is 13.2 Å². The maximum absolute atomic E-state index is 13.2. The van der Waals surface area contributed by atoms with Crippen molar-refractivity contribution in [1.82, 2.24) is 0 Å². The van der Waals surface area contributed by atoms with Gasteiger partial charge in [0.05, 0.1) is 0 Å². The molecule has 0 unspecified atom stereocenters. The third kappa shape index (κ3) is 1.67. The molecule has 3 heteroatoms. The Morgan fingerprint density at radius 1 is 1.42 bits per heavy atom. The molecule has 1 fully saturated rings. The zero-order chi connectivity index (χ0) is 9.14. The second-order valence-corrected chi connectivity index (χ2v) is 2.54. The van der Waals surface area contributed by atoms with E-state index in [-0.39, 0.29) is 11.5 Å². The summed E-state index contributed by atoms with van der Waals surface area (Å²) >= 11 is 0. The van der Waals surface area contributed by atoms with E-state index in [1.807, 2.05) is 0 Å². The van der Waals surface area contributed by atoms with Crippen molar-refractivity contribution in [3.63, 3.8) is 0 Å². The van der Waals surface area contributed by atoms with Crippen molar-refractivity contribution in [2.24, 2.45) is 0 Å². The normalized spacial score (nSPS) is 21.0. The molecular weight excluding hydrogens is 159 g/mol. The fourth-order valence-corrected chi connectivity index (χ4v) is 0.834. The Hall–Kier alpha value is -1.25. The molecule has 0 bridgehead atoms. The highest BCUT2D eigenvalue weighted by atomic mass is 19.1. The Kier molecular flexibility index (Phi) is 2.53. The molecule has 12 heavy (non-hydrogen) atoms. The van der Waals surface area contributed by atoms with Gasteiger partial charge in [0.25, 0.3) is 0 Å². The van der Waals surface area contributed by atoms with Gasteiger partial charge in [-0.25, -0.2) is 4.39 Å². The minimum atomic E-state index is -0.486. The van der Waals surface area contributed by atoms with Gasteiger partial charge in [0.2, 0.25) is 0 Å². The third-order valence-corrected chi connectivity index (χ3v) is 1.43. The van der Waals surface area contributed by atoms with E-state index in [4.69, 9.17) is 9.47 Å². The molecule has 0 aromatic carbocycles. The van der Waals surface area contributed by atoms with Crippen LogP contribution in [0.2, 0.25) is 0 Å². The summed E-state index contributed by atoms with van der Waals surface area (Å²) < 4.78 is 23.2. The van der Waals surface area contributed by atoms with Crippen LogP contribution in [0.3, 0.4) is 0 Å². The molecule has 66 valence electrons. The van der Waals surface area contributed by atoms with Crippen molar-refractivity contribution >= 4 is 0 Å². The van der Waals surface area contributed by atoms with E-state index in [1.165, 1.54) is 0 Å². The summed E-state index contributed by atoms with van der Waals surface area (Å²) in [6.07, 6.45) is 0. The fourth-order valence-electron chi connectivity index (χ4n) is 0.834. The number of rotatable bonds is 1. The molecule has 1 rings (SSSR count). The molecule has 0 aliphatic carbocycles. The minimum Gasteiger partial charge on any atom is -0.487 e. The molecule has 0 spiro atoms. The lowest BCUT2D eigenvalue weighted by Gasteiger charge is -2.20. The zero-order valence-corrected chi connectivity index (χ0v) is 7.02. The van der Waals surface area contributed by atoms with Crippen molar-refractivity contribution in [2.45, 2.75) is 6.92 Å². The SMILES string of the molecule is C=C(C)/C(F)=C1/OCCOC1=C. The summed E-state index contributed by atoms with van der Waals surface area (Å²) in [7, 11) is 0. The molecule has 0 N–H and O–H groups in total. The summed E-state index contributed by atoms with van der Waals surface area (Å²) in [4.78, 5) is 0. The number of allylic oxidation sites excluding steroid dienone is 2. The van der Waals surface area contributed by atoms with E-state index in [0.717, 1.165) is 0 Å². The van der Waals surface area contributed by atoms with Crippen molar-refractivity contribution < 1.29 is 13.9 Å². The van der Waals surface area contributed by atoms with Gasteiger partial charge >= 0.3 is 0 Å². The van der Waals surface area contributed by atoms with Crippen LogP contribution in [-0.2, 0) is 9.47 Å². The summed E-state index contributed by atoms with van der Waals surface area (Å²) in [6, 6.07) is 0. The average Bonchev–Trinajstić information content (AvgIpc) is 2.04. The molecule has 1 aliphatic rings. The summed E-state index contributed by atoms with van der Waals surface area (Å²) in [6.45, 7) is 9.31. The predicted octanol–water partition coefficient (Wildman–Crippen LogP) is 2.30. The van der Waals surface area contributed by atoms with Crippen LogP contribution in [0.4, 0.5) is 4.39 Å². The lowest BCUT2D eigenvalue weighted by atomic mass is 10.2. The lowest BCUT2D eigenvalue weighted by molar-refractivity contribution is 0.0560. The topological polar surface area (TPSA) is 18.5 Å². The Balaban J connectivity index is 2.90. The number of ether oxygens (including phenoxy) is 2. The quantitative estimate of drug-likeness (QED) is 0.601. The smallest absolute Gasteiger partial charge is 0.196 e. The second kappa shape index (κ2) is 3.43. The highest BCUT2D eigenvalue weighted by Crippen LogP contribution is 2.24. The average molecular weight is 170 g/mol. The van der Waals surface area contributed by atoms with Gasteiger partial charge in [-0.15, -0.1) is 0 Å². The monoisotopic (exact) mass is 170 g/mol. The Morgan fingerprint density at radius 3 is 2.50 bits per heavy atom. The minimum absolute atomic E-state index is 0.0775. The predicted molar refractivity (Wildman–Crippen MR) is 44.0 cm³/mol. The molecule has 1 saturated heterocycles. The van der Waals surface area contributed by atoms with Gasteiger partial charge in [0, 0.05) is 0 Å². The maximum atomic E-state index is 13.2. The first kappa shape index (κ1) is 8.84. The molecule has 0 amide bonds. The molecule has 0 radical (unpaired) electrons. The first-order valence-electron chi connectivity index (χ1n) is 3.63. The van der Waals surface area contributed by atoms with Crippen molar-refractivity contribution in [3.05, 3.63) is 36.1 Å². The summed E-state index contributed by atoms with van der Waals surface area (Å²) in [5.41, 5.74) is 0.316. The van der Waals surface area contributed by atoms with Crippen LogP contribution < -0.4 is 0 Å². The molecular formula is C9H11FO2. The molecule has 0 atom stereocenters. The van der Waals surface area contributed by atoms with Crippen LogP contribution in [0.15, 0.2) is 36.1 Å². The van der Waals surface area contributed by atoms with E-state index < -0.39 is 5.83 Å². The van der Waals surface area contributed by atoms with Crippen LogP contribution in [0.5, 0.6) is 0 Å². The van der Waals surface area contributed by atoms with Crippen LogP contribution in [0.25, 0.3) is 0 Å². The van der Waals surface area contributed by atoms with E-state index in [1.54, 1.807) is 6.92 Å². The summed E-state index contributed by atoms with van der Waals surface area (Å²) in [5, 5.41) is 0. The van der Waals surface area contributed by atoms with Gasteiger partial charge in [-0.05, 0) is 12.5 Å². The Labute approximate surface area is 71.0 Å². The molecule has 0 aromatic heterocycles. The maximum Gasteiger partial charge on any atom is 0.196 e. The summed E-state index contributed by atoms with van der Waals surface area (Å²) in [5.74, 6) is -0.171. The van der Waals surface area contributed by atoms with Crippen molar-refractivity contribution in [2.75, 3.05) is 13.2 Å². The van der Waals surface area contributed by atoms with Crippen LogP contribution in [0.1, 0.15) is 6.92 Å². The second-order valence-electron chi connectivity index (χ2n) is 2.54. The van der Waals surface area contributed by atoms with Gasteiger partial charge in [0.15, 0.2) is 17.3 Å². The van der Waals surface area contributed by atoms with E-state index in [0.29, 0.717) is 18.8 Å². The number of hydrogen-bond donors (Lipinski definition) is 0. The highest BCUT2D eigenvalue weighted by Gasteiger charge is 2.17. The van der Waals surface area contributed by atoms with Crippen molar-refractivity contribution in [3.8, 4) is 0 Å². The molecule has 0 saturated carbocycles. The van der Waals surface area contributed by atoms with Gasteiger partial charge in [-0.3, -0.25) is 0 Å². The van der Waals surface area contributed by atoms with E-state index >= 15 is 0 Å². The van der Waals surface area contributed by atoms with Crippen molar-refractivity contribution in [1.29, 1.82) is 0 Å². The Morgan fingerprint density at radius 2 is 2.00 bits per heavy atom. The van der Waals surface area contributed by atoms with Crippen LogP contribution in [-0.4, -0.2) is 13.2 Å². The molecule has 2 nitrogen and oxygen atoms in total. The fraction of sp³-hybridized carbons (Fsp3) is 0.333. The van der Waals surface area contributed by atoms with Gasteiger partial charge < -0.3 is 9.47 Å². The third-order valence-electron chi connectivity index (χ3n) is 1.43. The van der Waals surface area contributed by atoms with Crippen LogP contribution >= 0.6 is 0 Å². The van der Waals surface area contributed by atoms with Gasteiger partial charge in [-0.2, -0.15) is 0 Å². The lowest BCUT2D eigenvalue weighted by Crippen LogP contribution is -2.14. The standard InChI is InChI=1S/C9H11FO2/c1-6(2)8(10)9-7(3)11-4-5-12-9/h1,3-5H2,2H3/b9-8-. The zero-order valence-electron chi connectivity index (χ0n) is 7.02. The molecule has 1 heterocycles. The first-order valence-corrected chi connectivity index (χ1v) is 3.63. The first-order chi connectivity index (χ1) is 5.63.